The lowest BCUT2D eigenvalue weighted by Crippen LogP contribution is -2.44. The first-order chi connectivity index (χ1) is 15.7. The summed E-state index contributed by atoms with van der Waals surface area (Å²) in [6, 6.07) is 10.4. The quantitative estimate of drug-likeness (QED) is 0.592. The lowest BCUT2D eigenvalue weighted by atomic mass is 9.74. The first-order valence-electron chi connectivity index (χ1n) is 11.0. The van der Waals surface area contributed by atoms with E-state index in [4.69, 9.17) is 4.74 Å². The van der Waals surface area contributed by atoms with Crippen LogP contribution in [0, 0.1) is 0 Å². The zero-order valence-corrected chi connectivity index (χ0v) is 17.8. The van der Waals surface area contributed by atoms with E-state index in [0.29, 0.717) is 42.9 Å². The molecule has 1 aliphatic carbocycles. The second kappa shape index (κ2) is 9.00. The summed E-state index contributed by atoms with van der Waals surface area (Å²) in [5.41, 5.74) is 2.89. The van der Waals surface area contributed by atoms with Gasteiger partial charge in [0.25, 0.3) is 5.91 Å². The molecule has 1 aromatic carbocycles. The summed E-state index contributed by atoms with van der Waals surface area (Å²) in [5, 5.41) is 6.29. The van der Waals surface area contributed by atoms with Gasteiger partial charge in [-0.1, -0.05) is 30.3 Å². The molecular formula is C24H26N6O2. The Labute approximate surface area is 186 Å². The molecule has 0 unspecified atom stereocenters. The second-order valence-corrected chi connectivity index (χ2v) is 8.46. The smallest absolute Gasteiger partial charge is 0.273 e. The van der Waals surface area contributed by atoms with Crippen molar-refractivity contribution in [2.75, 3.05) is 25.1 Å². The molecule has 0 bridgehead atoms. The van der Waals surface area contributed by atoms with Gasteiger partial charge in [-0.25, -0.2) is 19.9 Å². The minimum Gasteiger partial charge on any atom is -0.381 e. The van der Waals surface area contributed by atoms with Gasteiger partial charge in [-0.3, -0.25) is 4.79 Å². The number of rotatable bonds is 7. The highest BCUT2D eigenvalue weighted by atomic mass is 16.5. The van der Waals surface area contributed by atoms with Crippen LogP contribution in [0.4, 0.5) is 11.5 Å². The van der Waals surface area contributed by atoms with E-state index in [2.05, 4.69) is 42.7 Å². The van der Waals surface area contributed by atoms with Crippen LogP contribution < -0.4 is 10.6 Å². The largest absolute Gasteiger partial charge is 0.381 e. The maximum Gasteiger partial charge on any atom is 0.273 e. The highest BCUT2D eigenvalue weighted by molar-refractivity contribution is 5.97. The van der Waals surface area contributed by atoms with Crippen LogP contribution in [-0.4, -0.2) is 45.6 Å². The van der Waals surface area contributed by atoms with Crippen LogP contribution in [0.1, 0.15) is 53.3 Å². The number of amides is 1. The molecule has 3 heterocycles. The average Bonchev–Trinajstić information content (AvgIpc) is 3.70. The first kappa shape index (κ1) is 20.5. The van der Waals surface area contributed by atoms with E-state index in [1.54, 1.807) is 18.6 Å². The third kappa shape index (κ3) is 4.45. The second-order valence-electron chi connectivity index (χ2n) is 8.46. The first-order valence-corrected chi connectivity index (χ1v) is 11.0. The van der Waals surface area contributed by atoms with Crippen LogP contribution in [0.3, 0.4) is 0 Å². The molecule has 8 heteroatoms. The van der Waals surface area contributed by atoms with E-state index < -0.39 is 0 Å². The number of carbonyl (C=O) groups is 1. The van der Waals surface area contributed by atoms with Gasteiger partial charge < -0.3 is 15.4 Å². The minimum atomic E-state index is -0.235. The summed E-state index contributed by atoms with van der Waals surface area (Å²) in [4.78, 5) is 30.6. The predicted octanol–water partition coefficient (Wildman–Crippen LogP) is 3.37. The van der Waals surface area contributed by atoms with Crippen molar-refractivity contribution in [3.63, 3.8) is 0 Å². The monoisotopic (exact) mass is 430 g/mol. The third-order valence-corrected chi connectivity index (χ3v) is 6.25. The molecule has 32 heavy (non-hydrogen) atoms. The van der Waals surface area contributed by atoms with Gasteiger partial charge in [0.1, 0.15) is 6.33 Å². The molecule has 164 valence electrons. The molecule has 2 aromatic heterocycles. The summed E-state index contributed by atoms with van der Waals surface area (Å²) in [5.74, 6) is 0.567. The SMILES string of the molecule is O=C(NCC1(c2ccccc2)CCOCC1)c1nc(C2CC2)cnc1Nc1cncnc1. The van der Waals surface area contributed by atoms with Crippen molar-refractivity contribution in [2.45, 2.75) is 37.0 Å². The Hall–Kier alpha value is -3.39. The number of anilines is 2. The molecule has 0 spiro atoms. The van der Waals surface area contributed by atoms with Gasteiger partial charge in [-0.15, -0.1) is 0 Å². The fourth-order valence-electron chi connectivity index (χ4n) is 4.18. The van der Waals surface area contributed by atoms with Crippen molar-refractivity contribution in [2.24, 2.45) is 0 Å². The predicted molar refractivity (Wildman–Crippen MR) is 120 cm³/mol. The zero-order chi connectivity index (χ0) is 21.8. The van der Waals surface area contributed by atoms with Gasteiger partial charge in [-0.2, -0.15) is 0 Å². The van der Waals surface area contributed by atoms with Crippen LogP contribution in [-0.2, 0) is 10.2 Å². The highest BCUT2D eigenvalue weighted by Gasteiger charge is 2.35. The molecule has 1 saturated heterocycles. The number of hydrogen-bond acceptors (Lipinski definition) is 7. The van der Waals surface area contributed by atoms with Crippen molar-refractivity contribution in [3.8, 4) is 0 Å². The maximum atomic E-state index is 13.4. The number of nitrogens with one attached hydrogen (secondary N) is 2. The lowest BCUT2D eigenvalue weighted by molar-refractivity contribution is 0.0486. The van der Waals surface area contributed by atoms with Gasteiger partial charge in [0.05, 0.1) is 30.0 Å². The van der Waals surface area contributed by atoms with Crippen molar-refractivity contribution >= 4 is 17.4 Å². The molecule has 8 nitrogen and oxygen atoms in total. The summed E-state index contributed by atoms with van der Waals surface area (Å²) < 4.78 is 5.62. The van der Waals surface area contributed by atoms with E-state index in [9.17, 15) is 4.79 Å². The average molecular weight is 431 g/mol. The Morgan fingerprint density at radius 2 is 1.81 bits per heavy atom. The molecule has 5 rings (SSSR count). The summed E-state index contributed by atoms with van der Waals surface area (Å²) in [7, 11) is 0. The third-order valence-electron chi connectivity index (χ3n) is 6.25. The summed E-state index contributed by atoms with van der Waals surface area (Å²) >= 11 is 0. The molecule has 1 saturated carbocycles. The fourth-order valence-corrected chi connectivity index (χ4v) is 4.18. The molecular weight excluding hydrogens is 404 g/mol. The van der Waals surface area contributed by atoms with Gasteiger partial charge in [0.2, 0.25) is 0 Å². The zero-order valence-electron chi connectivity index (χ0n) is 17.8. The van der Waals surface area contributed by atoms with E-state index in [-0.39, 0.29) is 11.3 Å². The normalized spacial score (nSPS) is 17.5. The number of hydrogen-bond donors (Lipinski definition) is 2. The Kier molecular flexibility index (Phi) is 5.77. The standard InChI is InChI=1S/C24H26N6O2/c31-23(28-15-24(8-10-32-11-9-24)18-4-2-1-3-5-18)21-22(29-19-12-25-16-26-13-19)27-14-20(30-21)17-6-7-17/h1-5,12-14,16-17H,6-11,15H2,(H,27,29)(H,28,31). The summed E-state index contributed by atoms with van der Waals surface area (Å²) in [6.07, 6.45) is 10.4. The van der Waals surface area contributed by atoms with E-state index in [1.807, 2.05) is 18.2 Å². The lowest BCUT2D eigenvalue weighted by Gasteiger charge is -2.38. The molecule has 3 aromatic rings. The van der Waals surface area contributed by atoms with Gasteiger partial charge >= 0.3 is 0 Å². The molecule has 2 N–H and O–H groups in total. The van der Waals surface area contributed by atoms with Crippen LogP contribution in [0.15, 0.2) is 55.2 Å². The Balaban J connectivity index is 1.39. The molecule has 1 amide bonds. The number of benzene rings is 1. The van der Waals surface area contributed by atoms with Crippen molar-refractivity contribution in [3.05, 3.63) is 72.2 Å². The Morgan fingerprint density at radius 1 is 1.06 bits per heavy atom. The van der Waals surface area contributed by atoms with Crippen LogP contribution in [0.25, 0.3) is 0 Å². The number of ether oxygens (including phenoxy) is 1. The van der Waals surface area contributed by atoms with Gasteiger partial charge in [0, 0.05) is 31.1 Å². The van der Waals surface area contributed by atoms with E-state index in [1.165, 1.54) is 11.9 Å². The van der Waals surface area contributed by atoms with Gasteiger partial charge in [0.15, 0.2) is 11.5 Å². The molecule has 1 aliphatic heterocycles. The Morgan fingerprint density at radius 3 is 2.53 bits per heavy atom. The molecule has 0 radical (unpaired) electrons. The minimum absolute atomic E-state index is 0.155. The van der Waals surface area contributed by atoms with Crippen LogP contribution in [0.5, 0.6) is 0 Å². The van der Waals surface area contributed by atoms with Gasteiger partial charge in [-0.05, 0) is 31.2 Å². The van der Waals surface area contributed by atoms with Crippen molar-refractivity contribution < 1.29 is 9.53 Å². The van der Waals surface area contributed by atoms with E-state index >= 15 is 0 Å². The molecule has 0 atom stereocenters. The van der Waals surface area contributed by atoms with Crippen molar-refractivity contribution in [1.82, 2.24) is 25.3 Å². The number of aromatic nitrogens is 4. The summed E-state index contributed by atoms with van der Waals surface area (Å²) in [6.45, 7) is 1.88. The van der Waals surface area contributed by atoms with Crippen molar-refractivity contribution in [1.29, 1.82) is 0 Å². The van der Waals surface area contributed by atoms with Crippen LogP contribution in [0.2, 0.25) is 0 Å². The Bertz CT molecular complexity index is 1070. The van der Waals surface area contributed by atoms with E-state index in [0.717, 1.165) is 31.4 Å². The number of carbonyl (C=O) groups excluding carboxylic acids is 1. The van der Waals surface area contributed by atoms with Crippen LogP contribution >= 0.6 is 0 Å². The molecule has 2 fully saturated rings. The fraction of sp³-hybridized carbons (Fsp3) is 0.375. The topological polar surface area (TPSA) is 102 Å². The number of nitrogens with zero attached hydrogens (tertiary/aromatic N) is 4. The maximum absolute atomic E-state index is 13.4. The molecule has 2 aliphatic rings. The highest BCUT2D eigenvalue weighted by Crippen LogP contribution is 2.39.